The van der Waals surface area contributed by atoms with E-state index in [2.05, 4.69) is 15.9 Å². The maximum atomic E-state index is 12.1. The molecular weight excluding hydrogens is 366 g/mol. The maximum absolute atomic E-state index is 12.1. The summed E-state index contributed by atoms with van der Waals surface area (Å²) in [5.74, 6) is -0.436. The zero-order chi connectivity index (χ0) is 17.8. The Hall–Kier alpha value is -1.76. The van der Waals surface area contributed by atoms with Crippen LogP contribution in [0.3, 0.4) is 0 Å². The van der Waals surface area contributed by atoms with Crippen LogP contribution in [0, 0.1) is 0 Å². The Morgan fingerprint density at radius 3 is 2.39 bits per heavy atom. The lowest BCUT2D eigenvalue weighted by Gasteiger charge is -2.28. The van der Waals surface area contributed by atoms with E-state index in [1.165, 1.54) is 7.05 Å². The Balaban J connectivity index is 2.95. The molecule has 1 aromatic carbocycles. The van der Waals surface area contributed by atoms with Crippen molar-refractivity contribution in [3.05, 3.63) is 28.2 Å². The minimum Gasteiger partial charge on any atom is -0.497 e. The smallest absolute Gasteiger partial charge is 0.410 e. The van der Waals surface area contributed by atoms with Crippen molar-refractivity contribution in [3.63, 3.8) is 0 Å². The summed E-state index contributed by atoms with van der Waals surface area (Å²) in [6.45, 7) is 5.19. The van der Waals surface area contributed by atoms with Crippen LogP contribution in [0.2, 0.25) is 0 Å². The fourth-order valence-corrected chi connectivity index (χ4v) is 2.40. The first-order chi connectivity index (χ1) is 10.5. The second-order valence-corrected chi connectivity index (χ2v) is 6.96. The summed E-state index contributed by atoms with van der Waals surface area (Å²) in [7, 11) is 2.97. The van der Waals surface area contributed by atoms with Crippen molar-refractivity contribution >= 4 is 28.0 Å². The number of carbonyl (C=O) groups excluding carboxylic acids is 1. The number of hydrogen-bond donors (Lipinski definition) is 1. The molecule has 0 unspecified atom stereocenters. The Labute approximate surface area is 144 Å². The fraction of sp³-hybridized carbons (Fsp3) is 0.500. The van der Waals surface area contributed by atoms with Gasteiger partial charge in [0.1, 0.15) is 17.4 Å². The molecule has 0 fully saturated rings. The van der Waals surface area contributed by atoms with E-state index in [1.54, 1.807) is 46.1 Å². The number of benzene rings is 1. The monoisotopic (exact) mass is 387 g/mol. The Kier molecular flexibility index (Phi) is 6.44. The van der Waals surface area contributed by atoms with E-state index in [4.69, 9.17) is 9.47 Å². The van der Waals surface area contributed by atoms with Gasteiger partial charge >= 0.3 is 12.1 Å². The summed E-state index contributed by atoms with van der Waals surface area (Å²) >= 11 is 3.39. The van der Waals surface area contributed by atoms with Crippen molar-refractivity contribution in [1.82, 2.24) is 4.90 Å². The predicted molar refractivity (Wildman–Crippen MR) is 89.8 cm³/mol. The third-order valence-corrected chi connectivity index (χ3v) is 3.85. The number of amides is 1. The number of nitrogens with zero attached hydrogens (tertiary/aromatic N) is 1. The molecule has 0 aliphatic rings. The quantitative estimate of drug-likeness (QED) is 0.838. The summed E-state index contributed by atoms with van der Waals surface area (Å²) in [6.07, 6.45) is -0.523. The van der Waals surface area contributed by atoms with Gasteiger partial charge < -0.3 is 14.6 Å². The molecule has 0 heterocycles. The Bertz CT molecular complexity index is 582. The van der Waals surface area contributed by atoms with E-state index < -0.39 is 23.7 Å². The topological polar surface area (TPSA) is 76.1 Å². The minimum absolute atomic E-state index is 0.148. The molecule has 1 rings (SSSR count). The van der Waals surface area contributed by atoms with Crippen LogP contribution in [-0.4, -0.2) is 47.9 Å². The van der Waals surface area contributed by atoms with E-state index in [9.17, 15) is 14.7 Å². The minimum atomic E-state index is -1.10. The number of carbonyl (C=O) groups is 2. The summed E-state index contributed by atoms with van der Waals surface area (Å²) in [5.41, 5.74) is 0.0725. The number of halogens is 1. The molecule has 0 saturated carbocycles. The van der Waals surface area contributed by atoms with Gasteiger partial charge in [-0.1, -0.05) is 22.0 Å². The molecule has 6 nitrogen and oxygen atoms in total. The number of aliphatic carboxylic acids is 1. The zero-order valence-corrected chi connectivity index (χ0v) is 15.5. The average Bonchev–Trinajstić information content (AvgIpc) is 2.42. The molecule has 0 radical (unpaired) electrons. The maximum Gasteiger partial charge on any atom is 0.410 e. The molecule has 0 aromatic heterocycles. The van der Waals surface area contributed by atoms with Gasteiger partial charge in [0.2, 0.25) is 0 Å². The molecule has 0 aliphatic carbocycles. The number of ether oxygens (including phenoxy) is 2. The highest BCUT2D eigenvalue weighted by molar-refractivity contribution is 9.10. The van der Waals surface area contributed by atoms with Gasteiger partial charge in [-0.05, 0) is 38.5 Å². The largest absolute Gasteiger partial charge is 0.497 e. The Morgan fingerprint density at radius 2 is 1.96 bits per heavy atom. The number of likely N-dealkylation sites (N-methyl/N-ethyl adjacent to an activating group) is 1. The summed E-state index contributed by atoms with van der Waals surface area (Å²) in [6, 6.07) is 4.23. The van der Waals surface area contributed by atoms with Gasteiger partial charge in [-0.25, -0.2) is 9.59 Å². The van der Waals surface area contributed by atoms with Crippen LogP contribution in [0.15, 0.2) is 22.7 Å². The molecule has 7 heteroatoms. The van der Waals surface area contributed by atoms with Crippen LogP contribution in [-0.2, 0) is 16.0 Å². The number of methoxy groups -OCH3 is 1. The van der Waals surface area contributed by atoms with Gasteiger partial charge in [-0.15, -0.1) is 0 Å². The predicted octanol–water partition coefficient (Wildman–Crippen LogP) is 3.32. The number of rotatable bonds is 5. The van der Waals surface area contributed by atoms with Crippen LogP contribution < -0.4 is 4.74 Å². The van der Waals surface area contributed by atoms with Crippen LogP contribution in [0.5, 0.6) is 5.75 Å². The fourth-order valence-electron chi connectivity index (χ4n) is 1.88. The molecule has 0 saturated heterocycles. The molecule has 1 atom stereocenters. The Morgan fingerprint density at radius 1 is 1.35 bits per heavy atom. The van der Waals surface area contributed by atoms with E-state index in [0.717, 1.165) is 14.9 Å². The first kappa shape index (κ1) is 19.3. The highest BCUT2D eigenvalue weighted by atomic mass is 79.9. The molecule has 1 aromatic rings. The lowest BCUT2D eigenvalue weighted by Crippen LogP contribution is -2.46. The summed E-state index contributed by atoms with van der Waals surface area (Å²) in [4.78, 5) is 24.8. The van der Waals surface area contributed by atoms with Crippen molar-refractivity contribution in [1.29, 1.82) is 0 Å². The van der Waals surface area contributed by atoms with Gasteiger partial charge in [0.05, 0.1) is 7.11 Å². The second-order valence-electron chi connectivity index (χ2n) is 6.11. The molecule has 0 spiro atoms. The first-order valence-corrected chi connectivity index (χ1v) is 7.85. The molecule has 1 amide bonds. The van der Waals surface area contributed by atoms with Crippen LogP contribution in [0.1, 0.15) is 26.3 Å². The van der Waals surface area contributed by atoms with Crippen molar-refractivity contribution < 1.29 is 24.2 Å². The number of carboxylic acid groups (broad SMARTS) is 1. The van der Waals surface area contributed by atoms with Crippen molar-refractivity contribution in [2.75, 3.05) is 14.2 Å². The van der Waals surface area contributed by atoms with E-state index in [0.29, 0.717) is 5.75 Å². The van der Waals surface area contributed by atoms with Gasteiger partial charge in [0.25, 0.3) is 0 Å². The van der Waals surface area contributed by atoms with E-state index in [-0.39, 0.29) is 6.42 Å². The standard InChI is InChI=1S/C16H22BrNO5/c1-16(2,3)23-15(21)18(4)13(14(19)20)8-10-6-7-11(22-5)9-12(10)17/h6-7,9,13H,8H2,1-5H3,(H,19,20)/t13-/m1/s1. The van der Waals surface area contributed by atoms with Gasteiger partial charge in [0, 0.05) is 17.9 Å². The van der Waals surface area contributed by atoms with Crippen LogP contribution >= 0.6 is 15.9 Å². The SMILES string of the molecule is COc1ccc(C[C@H](C(=O)O)N(C)C(=O)OC(C)(C)C)c(Br)c1. The third kappa shape index (κ3) is 5.74. The lowest BCUT2D eigenvalue weighted by atomic mass is 10.0. The van der Waals surface area contributed by atoms with Crippen molar-refractivity contribution in [3.8, 4) is 5.75 Å². The lowest BCUT2D eigenvalue weighted by molar-refractivity contribution is -0.142. The number of hydrogen-bond acceptors (Lipinski definition) is 4. The van der Waals surface area contributed by atoms with Crippen LogP contribution in [0.4, 0.5) is 4.79 Å². The zero-order valence-electron chi connectivity index (χ0n) is 13.9. The number of carboxylic acids is 1. The molecule has 0 aliphatic heterocycles. The molecule has 1 N–H and O–H groups in total. The van der Waals surface area contributed by atoms with Crippen molar-refractivity contribution in [2.45, 2.75) is 38.8 Å². The summed E-state index contributed by atoms with van der Waals surface area (Å²) < 4.78 is 11.1. The van der Waals surface area contributed by atoms with Crippen molar-refractivity contribution in [2.24, 2.45) is 0 Å². The molecule has 0 bridgehead atoms. The van der Waals surface area contributed by atoms with Gasteiger partial charge in [0.15, 0.2) is 0 Å². The van der Waals surface area contributed by atoms with Gasteiger partial charge in [-0.3, -0.25) is 4.90 Å². The van der Waals surface area contributed by atoms with Crippen LogP contribution in [0.25, 0.3) is 0 Å². The second kappa shape index (κ2) is 7.68. The van der Waals surface area contributed by atoms with E-state index in [1.807, 2.05) is 0 Å². The normalized spacial score (nSPS) is 12.4. The highest BCUT2D eigenvalue weighted by Crippen LogP contribution is 2.25. The first-order valence-electron chi connectivity index (χ1n) is 7.06. The molecule has 23 heavy (non-hydrogen) atoms. The highest BCUT2D eigenvalue weighted by Gasteiger charge is 2.30. The molecule has 128 valence electrons. The summed E-state index contributed by atoms with van der Waals surface area (Å²) in [5, 5.41) is 9.45. The van der Waals surface area contributed by atoms with Gasteiger partial charge in [-0.2, -0.15) is 0 Å². The molecular formula is C16H22BrNO5. The third-order valence-electron chi connectivity index (χ3n) is 3.11. The van der Waals surface area contributed by atoms with E-state index >= 15 is 0 Å². The average molecular weight is 388 g/mol.